The molecule has 4 heterocycles. The van der Waals surface area contributed by atoms with E-state index in [2.05, 4.69) is 25.3 Å². The highest BCUT2D eigenvalue weighted by Gasteiger charge is 2.55. The Balaban J connectivity index is 1.27. The Hall–Kier alpha value is -3.37. The quantitative estimate of drug-likeness (QED) is 0.209. The topological polar surface area (TPSA) is 140 Å². The fraction of sp³-hybridized carbons (Fsp3) is 0.484. The summed E-state index contributed by atoms with van der Waals surface area (Å²) in [7, 11) is -2.13. The van der Waals surface area contributed by atoms with Crippen molar-refractivity contribution in [1.82, 2.24) is 24.7 Å². The number of nitrogens with one attached hydrogen (secondary N) is 3. The van der Waals surface area contributed by atoms with Gasteiger partial charge < -0.3 is 20.1 Å². The van der Waals surface area contributed by atoms with Gasteiger partial charge in [0.2, 0.25) is 16.0 Å². The third kappa shape index (κ3) is 6.06. The first kappa shape index (κ1) is 31.2. The summed E-state index contributed by atoms with van der Waals surface area (Å²) >= 11 is 1.51. The minimum atomic E-state index is -3.53. The maximum Gasteiger partial charge on any atom is 0.225 e. The zero-order valence-corrected chi connectivity index (χ0v) is 27.4. The van der Waals surface area contributed by atoms with E-state index in [1.54, 1.807) is 0 Å². The third-order valence-electron chi connectivity index (χ3n) is 8.74. The molecule has 1 aliphatic heterocycles. The van der Waals surface area contributed by atoms with Gasteiger partial charge in [-0.3, -0.25) is 4.98 Å². The van der Waals surface area contributed by atoms with Gasteiger partial charge in [0, 0.05) is 30.1 Å². The number of benzene rings is 1. The first-order chi connectivity index (χ1) is 21.9. The minimum absolute atomic E-state index is 0.117. The van der Waals surface area contributed by atoms with Crippen molar-refractivity contribution in [3.05, 3.63) is 59.0 Å². The second-order valence-corrected chi connectivity index (χ2v) is 15.5. The number of fused-ring (bicyclic) bond motifs is 2. The highest BCUT2D eigenvalue weighted by molar-refractivity contribution is 7.89. The number of sulfonamides is 1. The second-order valence-electron chi connectivity index (χ2n) is 12.5. The Morgan fingerprint density at radius 2 is 1.80 bits per heavy atom. The SMILES string of the molecule is CNS(=O)(=O)C[C@H]1C[C@@H](Nc2nc(NCc3c(F)cccc3F)nc(C)c2-c2nc3c(C4CC4)nccc3s2)[C@@H]2OC(C)(C)O[C@H]12. The number of ether oxygens (including phenoxy) is 2. The van der Waals surface area contributed by atoms with Crippen molar-refractivity contribution < 1.29 is 26.7 Å². The van der Waals surface area contributed by atoms with E-state index < -0.39 is 39.7 Å². The van der Waals surface area contributed by atoms with Gasteiger partial charge in [-0.2, -0.15) is 4.98 Å². The molecule has 11 nitrogen and oxygen atoms in total. The monoisotopic (exact) mass is 671 g/mol. The van der Waals surface area contributed by atoms with Crippen molar-refractivity contribution in [2.45, 2.75) is 76.5 Å². The Morgan fingerprint density at radius 3 is 2.52 bits per heavy atom. The van der Waals surface area contributed by atoms with Gasteiger partial charge in [-0.1, -0.05) is 6.07 Å². The molecule has 0 radical (unpaired) electrons. The predicted molar refractivity (Wildman–Crippen MR) is 171 cm³/mol. The predicted octanol–water partition coefficient (Wildman–Crippen LogP) is 5.09. The number of thiazole rings is 1. The Bertz CT molecular complexity index is 1900. The lowest BCUT2D eigenvalue weighted by molar-refractivity contribution is -0.156. The van der Waals surface area contributed by atoms with Crippen LogP contribution in [-0.4, -0.2) is 65.2 Å². The lowest BCUT2D eigenvalue weighted by Gasteiger charge is -2.25. The zero-order chi connectivity index (χ0) is 32.4. The van der Waals surface area contributed by atoms with Gasteiger partial charge in [0.15, 0.2) is 5.79 Å². The molecule has 4 aromatic rings. The van der Waals surface area contributed by atoms with Gasteiger partial charge in [-0.15, -0.1) is 11.3 Å². The first-order valence-corrected chi connectivity index (χ1v) is 17.7. The van der Waals surface area contributed by atoms with Crippen LogP contribution in [0.15, 0.2) is 30.5 Å². The normalized spacial score (nSPS) is 24.0. The van der Waals surface area contributed by atoms with E-state index in [0.29, 0.717) is 34.4 Å². The molecule has 2 aliphatic carbocycles. The van der Waals surface area contributed by atoms with Crippen molar-refractivity contribution in [2.24, 2.45) is 5.92 Å². The molecule has 3 N–H and O–H groups in total. The summed E-state index contributed by atoms with van der Waals surface area (Å²) in [6.07, 6.45) is 3.51. The fourth-order valence-corrected chi connectivity index (χ4v) is 8.57. The van der Waals surface area contributed by atoms with Gasteiger partial charge >= 0.3 is 0 Å². The number of nitrogens with zero attached hydrogens (tertiary/aromatic N) is 4. The van der Waals surface area contributed by atoms with E-state index in [0.717, 1.165) is 28.8 Å². The Kier molecular flexibility index (Phi) is 7.95. The van der Waals surface area contributed by atoms with E-state index in [-0.39, 0.29) is 35.8 Å². The summed E-state index contributed by atoms with van der Waals surface area (Å²) in [5.41, 5.74) is 3.00. The van der Waals surface area contributed by atoms with Crippen LogP contribution in [0.3, 0.4) is 0 Å². The van der Waals surface area contributed by atoms with Crippen LogP contribution < -0.4 is 15.4 Å². The molecule has 7 rings (SSSR count). The summed E-state index contributed by atoms with van der Waals surface area (Å²) < 4.78 is 69.9. The zero-order valence-electron chi connectivity index (χ0n) is 25.8. The van der Waals surface area contributed by atoms with Gasteiger partial charge in [0.1, 0.15) is 34.1 Å². The van der Waals surface area contributed by atoms with Crippen molar-refractivity contribution in [3.63, 3.8) is 0 Å². The summed E-state index contributed by atoms with van der Waals surface area (Å²) in [5, 5.41) is 7.22. The molecular weight excluding hydrogens is 637 g/mol. The molecule has 15 heteroatoms. The number of halogens is 2. The molecular formula is C31H35F2N7O4S2. The van der Waals surface area contributed by atoms with Crippen LogP contribution in [0.1, 0.15) is 56.0 Å². The van der Waals surface area contributed by atoms with Gasteiger partial charge in [0.05, 0.1) is 39.5 Å². The summed E-state index contributed by atoms with van der Waals surface area (Å²) in [6.45, 7) is 5.28. The first-order valence-electron chi connectivity index (χ1n) is 15.3. The molecule has 244 valence electrons. The van der Waals surface area contributed by atoms with Crippen LogP contribution in [0.25, 0.3) is 20.8 Å². The number of pyridine rings is 1. The third-order valence-corrected chi connectivity index (χ3v) is 11.3. The highest BCUT2D eigenvalue weighted by Crippen LogP contribution is 2.46. The summed E-state index contributed by atoms with van der Waals surface area (Å²) in [4.78, 5) is 19.1. The number of anilines is 2. The molecule has 4 atom stereocenters. The van der Waals surface area contributed by atoms with Crippen LogP contribution >= 0.6 is 11.3 Å². The van der Waals surface area contributed by atoms with Gasteiger partial charge in [-0.05, 0) is 65.3 Å². The summed E-state index contributed by atoms with van der Waals surface area (Å²) in [6, 6.07) is 5.30. The lowest BCUT2D eigenvalue weighted by Crippen LogP contribution is -2.35. The molecule has 3 fully saturated rings. The number of aromatic nitrogens is 4. The summed E-state index contributed by atoms with van der Waals surface area (Å²) in [5.74, 6) is -1.69. The molecule has 0 spiro atoms. The average molecular weight is 672 g/mol. The van der Waals surface area contributed by atoms with E-state index in [4.69, 9.17) is 19.4 Å². The van der Waals surface area contributed by atoms with Crippen LogP contribution in [-0.2, 0) is 26.0 Å². The molecule has 0 bridgehead atoms. The molecule has 1 saturated heterocycles. The second kappa shape index (κ2) is 11.7. The Morgan fingerprint density at radius 1 is 1.07 bits per heavy atom. The van der Waals surface area contributed by atoms with E-state index in [9.17, 15) is 17.2 Å². The smallest absolute Gasteiger partial charge is 0.225 e. The van der Waals surface area contributed by atoms with Crippen LogP contribution in [0, 0.1) is 24.5 Å². The Labute approximate surface area is 269 Å². The fourth-order valence-electron chi connectivity index (χ4n) is 6.45. The van der Waals surface area contributed by atoms with E-state index >= 15 is 0 Å². The lowest BCUT2D eigenvalue weighted by atomic mass is 10.1. The van der Waals surface area contributed by atoms with Crippen molar-refractivity contribution in [1.29, 1.82) is 0 Å². The standard InChI is InChI=1S/C31H35F2N7O4S2/c1-15-23(29-39-25-22(45-29)10-11-35-24(25)16-8-9-16)28(40-30(37-15)36-13-18-19(32)6-5-7-20(18)33)38-21-12-17(14-46(41,42)34-4)26-27(21)44-31(2,3)43-26/h5-7,10-11,16-17,21,26-27,34H,8-9,12-14H2,1-4H3,(H2,36,37,38,40)/t17-,21-,26-,27+/m1/s1. The largest absolute Gasteiger partial charge is 0.364 e. The van der Waals surface area contributed by atoms with Crippen molar-refractivity contribution >= 4 is 43.3 Å². The van der Waals surface area contributed by atoms with Crippen molar-refractivity contribution in [3.8, 4) is 10.6 Å². The number of aryl methyl sites for hydroxylation is 1. The van der Waals surface area contributed by atoms with E-state index in [1.165, 1.54) is 36.6 Å². The van der Waals surface area contributed by atoms with Crippen LogP contribution in [0.4, 0.5) is 20.5 Å². The molecule has 2 saturated carbocycles. The van der Waals surface area contributed by atoms with Gasteiger partial charge in [0.25, 0.3) is 0 Å². The number of rotatable bonds is 10. The number of hydrogen-bond acceptors (Lipinski definition) is 11. The molecule has 46 heavy (non-hydrogen) atoms. The molecule has 3 aliphatic rings. The molecule has 1 aromatic carbocycles. The molecule has 0 amide bonds. The van der Waals surface area contributed by atoms with E-state index in [1.807, 2.05) is 33.0 Å². The van der Waals surface area contributed by atoms with Crippen LogP contribution in [0.5, 0.6) is 0 Å². The number of hydrogen-bond donors (Lipinski definition) is 3. The molecule has 3 aromatic heterocycles. The minimum Gasteiger partial charge on any atom is -0.364 e. The maximum atomic E-state index is 14.4. The average Bonchev–Trinajstić information content (AvgIpc) is 3.57. The van der Waals surface area contributed by atoms with Crippen molar-refractivity contribution in [2.75, 3.05) is 23.4 Å². The highest BCUT2D eigenvalue weighted by atomic mass is 32.2. The maximum absolute atomic E-state index is 14.4. The van der Waals surface area contributed by atoms with Crippen LogP contribution in [0.2, 0.25) is 0 Å². The molecule has 0 unspecified atom stereocenters. The van der Waals surface area contributed by atoms with Gasteiger partial charge in [-0.25, -0.2) is 31.9 Å².